The molecule has 0 bridgehead atoms. The van der Waals surface area contributed by atoms with E-state index < -0.39 is 0 Å². The molecule has 0 radical (unpaired) electrons. The number of rotatable bonds is 5. The Morgan fingerprint density at radius 3 is 2.55 bits per heavy atom. The summed E-state index contributed by atoms with van der Waals surface area (Å²) in [4.78, 5) is 6.93. The van der Waals surface area contributed by atoms with Crippen molar-refractivity contribution in [3.05, 3.63) is 58.9 Å². The molecule has 2 aromatic rings. The minimum Gasteiger partial charge on any atom is -0.366 e. The Bertz CT molecular complexity index is 578. The third-order valence-corrected chi connectivity index (χ3v) is 3.52. The Hall–Kier alpha value is -1.87. The van der Waals surface area contributed by atoms with Crippen molar-refractivity contribution in [2.24, 2.45) is 5.73 Å². The summed E-state index contributed by atoms with van der Waals surface area (Å²) in [7, 11) is 0. The van der Waals surface area contributed by atoms with E-state index in [0.717, 1.165) is 24.5 Å². The van der Waals surface area contributed by atoms with E-state index in [-0.39, 0.29) is 0 Å². The van der Waals surface area contributed by atoms with Gasteiger partial charge in [0.15, 0.2) is 0 Å². The quantitative estimate of drug-likeness (QED) is 0.906. The highest BCUT2D eigenvalue weighted by atomic mass is 15.1. The fraction of sp³-hybridized carbons (Fsp3) is 0.353. The maximum absolute atomic E-state index is 5.69. The Balaban J connectivity index is 2.24. The summed E-state index contributed by atoms with van der Waals surface area (Å²) in [6.07, 6.45) is 0. The van der Waals surface area contributed by atoms with Crippen molar-refractivity contribution in [2.75, 3.05) is 11.4 Å². The van der Waals surface area contributed by atoms with Crippen molar-refractivity contribution in [2.45, 2.75) is 33.9 Å². The summed E-state index contributed by atoms with van der Waals surface area (Å²) >= 11 is 0. The number of pyridine rings is 1. The van der Waals surface area contributed by atoms with Crippen LogP contribution in [0.25, 0.3) is 0 Å². The van der Waals surface area contributed by atoms with Crippen LogP contribution in [0, 0.1) is 13.8 Å². The fourth-order valence-corrected chi connectivity index (χ4v) is 2.45. The molecule has 1 heterocycles. The van der Waals surface area contributed by atoms with Crippen molar-refractivity contribution < 1.29 is 0 Å². The van der Waals surface area contributed by atoms with Gasteiger partial charge in [0.05, 0.1) is 12.2 Å². The van der Waals surface area contributed by atoms with Gasteiger partial charge in [0, 0.05) is 24.5 Å². The molecule has 2 rings (SSSR count). The maximum atomic E-state index is 5.69. The van der Waals surface area contributed by atoms with Gasteiger partial charge in [-0.1, -0.05) is 18.2 Å². The molecule has 0 fully saturated rings. The first-order valence-corrected chi connectivity index (χ1v) is 7.11. The first kappa shape index (κ1) is 14.5. The summed E-state index contributed by atoms with van der Waals surface area (Å²) in [5.74, 6) is 0. The Labute approximate surface area is 121 Å². The second-order valence-electron chi connectivity index (χ2n) is 5.11. The smallest absolute Gasteiger partial charge is 0.0602 e. The van der Waals surface area contributed by atoms with Crippen molar-refractivity contribution in [1.29, 1.82) is 0 Å². The molecule has 106 valence electrons. The second kappa shape index (κ2) is 6.53. The minimum atomic E-state index is 0.590. The largest absolute Gasteiger partial charge is 0.366 e. The molecule has 0 aliphatic heterocycles. The molecule has 0 unspecified atom stereocenters. The normalized spacial score (nSPS) is 10.6. The van der Waals surface area contributed by atoms with Crippen molar-refractivity contribution in [3.8, 4) is 0 Å². The van der Waals surface area contributed by atoms with Gasteiger partial charge in [-0.15, -0.1) is 0 Å². The predicted molar refractivity (Wildman–Crippen MR) is 84.8 cm³/mol. The van der Waals surface area contributed by atoms with E-state index >= 15 is 0 Å². The van der Waals surface area contributed by atoms with E-state index in [0.29, 0.717) is 6.54 Å². The van der Waals surface area contributed by atoms with Gasteiger partial charge >= 0.3 is 0 Å². The molecule has 0 spiro atoms. The van der Waals surface area contributed by atoms with Gasteiger partial charge in [-0.3, -0.25) is 4.98 Å². The monoisotopic (exact) mass is 269 g/mol. The van der Waals surface area contributed by atoms with E-state index in [1.165, 1.54) is 16.8 Å². The Kier molecular flexibility index (Phi) is 4.74. The summed E-state index contributed by atoms with van der Waals surface area (Å²) in [5.41, 5.74) is 11.6. The van der Waals surface area contributed by atoms with Gasteiger partial charge in [-0.2, -0.15) is 0 Å². The molecule has 0 aliphatic carbocycles. The van der Waals surface area contributed by atoms with Crippen LogP contribution < -0.4 is 10.6 Å². The first-order valence-electron chi connectivity index (χ1n) is 7.11. The van der Waals surface area contributed by atoms with E-state index in [1.807, 2.05) is 13.0 Å². The van der Waals surface area contributed by atoms with Crippen LogP contribution in [0.15, 0.2) is 36.4 Å². The molecule has 0 saturated carbocycles. The van der Waals surface area contributed by atoms with E-state index in [4.69, 9.17) is 5.73 Å². The summed E-state index contributed by atoms with van der Waals surface area (Å²) < 4.78 is 0. The maximum Gasteiger partial charge on any atom is 0.0602 e. The topological polar surface area (TPSA) is 42.2 Å². The molecule has 0 saturated heterocycles. The zero-order valence-electron chi connectivity index (χ0n) is 12.6. The Morgan fingerprint density at radius 1 is 1.15 bits per heavy atom. The van der Waals surface area contributed by atoms with E-state index in [2.05, 4.69) is 54.1 Å². The number of aromatic nitrogens is 1. The van der Waals surface area contributed by atoms with Gasteiger partial charge in [0.25, 0.3) is 0 Å². The van der Waals surface area contributed by atoms with Crippen LogP contribution in [0.1, 0.15) is 29.4 Å². The predicted octanol–water partition coefficient (Wildman–Crippen LogP) is 3.18. The number of hydrogen-bond acceptors (Lipinski definition) is 3. The molecular formula is C17H23N3. The third kappa shape index (κ3) is 3.36. The lowest BCUT2D eigenvalue weighted by molar-refractivity contribution is 0.802. The molecule has 3 nitrogen and oxygen atoms in total. The van der Waals surface area contributed by atoms with Gasteiger partial charge in [0.2, 0.25) is 0 Å². The lowest BCUT2D eigenvalue weighted by atomic mass is 10.1. The van der Waals surface area contributed by atoms with Crippen LogP contribution >= 0.6 is 0 Å². The molecule has 1 aromatic carbocycles. The minimum absolute atomic E-state index is 0.590. The van der Waals surface area contributed by atoms with Gasteiger partial charge in [0.1, 0.15) is 0 Å². The van der Waals surface area contributed by atoms with Gasteiger partial charge < -0.3 is 10.6 Å². The molecule has 20 heavy (non-hydrogen) atoms. The zero-order valence-corrected chi connectivity index (χ0v) is 12.6. The summed E-state index contributed by atoms with van der Waals surface area (Å²) in [6.45, 7) is 8.72. The standard InChI is InChI=1S/C17H23N3/c1-4-20(12-16-7-5-6-14(3)19-16)17-9-8-15(11-18)10-13(17)2/h5-10H,4,11-12,18H2,1-3H3. The lowest BCUT2D eigenvalue weighted by Crippen LogP contribution is -2.23. The molecule has 0 atom stereocenters. The number of hydrogen-bond donors (Lipinski definition) is 1. The molecule has 3 heteroatoms. The lowest BCUT2D eigenvalue weighted by Gasteiger charge is -2.25. The van der Waals surface area contributed by atoms with Crippen LogP contribution in [0.2, 0.25) is 0 Å². The van der Waals surface area contributed by atoms with Crippen LogP contribution in [-0.2, 0) is 13.1 Å². The SMILES string of the molecule is CCN(Cc1cccc(C)n1)c1ccc(CN)cc1C. The fourth-order valence-electron chi connectivity index (χ4n) is 2.45. The molecular weight excluding hydrogens is 246 g/mol. The van der Waals surface area contributed by atoms with Crippen molar-refractivity contribution in [1.82, 2.24) is 4.98 Å². The van der Waals surface area contributed by atoms with E-state index in [9.17, 15) is 0 Å². The highest BCUT2D eigenvalue weighted by Gasteiger charge is 2.09. The Morgan fingerprint density at radius 2 is 1.95 bits per heavy atom. The molecule has 0 aliphatic rings. The zero-order chi connectivity index (χ0) is 14.5. The van der Waals surface area contributed by atoms with Crippen LogP contribution in [-0.4, -0.2) is 11.5 Å². The average Bonchev–Trinajstić information content (AvgIpc) is 2.45. The van der Waals surface area contributed by atoms with Gasteiger partial charge in [-0.05, 0) is 50.1 Å². The summed E-state index contributed by atoms with van der Waals surface area (Å²) in [6, 6.07) is 12.6. The van der Waals surface area contributed by atoms with Gasteiger partial charge in [-0.25, -0.2) is 0 Å². The van der Waals surface area contributed by atoms with Crippen molar-refractivity contribution in [3.63, 3.8) is 0 Å². The number of anilines is 1. The third-order valence-electron chi connectivity index (χ3n) is 3.52. The van der Waals surface area contributed by atoms with Crippen LogP contribution in [0.4, 0.5) is 5.69 Å². The number of nitrogens with zero attached hydrogens (tertiary/aromatic N) is 2. The molecule has 2 N–H and O–H groups in total. The van der Waals surface area contributed by atoms with E-state index in [1.54, 1.807) is 0 Å². The van der Waals surface area contributed by atoms with Crippen LogP contribution in [0.3, 0.4) is 0 Å². The number of aryl methyl sites for hydroxylation is 2. The molecule has 1 aromatic heterocycles. The highest BCUT2D eigenvalue weighted by molar-refractivity contribution is 5.54. The number of nitrogens with two attached hydrogens (primary N) is 1. The summed E-state index contributed by atoms with van der Waals surface area (Å²) in [5, 5.41) is 0. The van der Waals surface area contributed by atoms with Crippen LogP contribution in [0.5, 0.6) is 0 Å². The second-order valence-corrected chi connectivity index (χ2v) is 5.11. The number of benzene rings is 1. The molecule has 0 amide bonds. The van der Waals surface area contributed by atoms with Crippen molar-refractivity contribution >= 4 is 5.69 Å². The highest BCUT2D eigenvalue weighted by Crippen LogP contribution is 2.22. The average molecular weight is 269 g/mol. The first-order chi connectivity index (χ1) is 9.63.